The molecule has 0 amide bonds. The van der Waals surface area contributed by atoms with Gasteiger partial charge >= 0.3 is 5.97 Å². The van der Waals surface area contributed by atoms with E-state index in [1.165, 1.54) is 0 Å². The minimum absolute atomic E-state index is 0.462. The lowest BCUT2D eigenvalue weighted by Gasteiger charge is -2.08. The molecule has 1 heterocycles. The lowest BCUT2D eigenvalue weighted by atomic mass is 10.00. The molecule has 2 aromatic rings. The van der Waals surface area contributed by atoms with Crippen LogP contribution in [0.4, 0.5) is 0 Å². The number of carbonyl (C=O) groups is 1. The summed E-state index contributed by atoms with van der Waals surface area (Å²) in [5.41, 5.74) is 1.97. The highest BCUT2D eigenvalue weighted by molar-refractivity contribution is 5.75. The Hall–Kier alpha value is -2.07. The van der Waals surface area contributed by atoms with Gasteiger partial charge in [0.25, 0.3) is 0 Å². The van der Waals surface area contributed by atoms with Gasteiger partial charge in [0, 0.05) is 19.5 Å². The summed E-state index contributed by atoms with van der Waals surface area (Å²) in [5.74, 6) is -0.284. The van der Waals surface area contributed by atoms with Crippen molar-refractivity contribution in [2.24, 2.45) is 0 Å². The maximum Gasteiger partial charge on any atom is 0.310 e. The fraction of sp³-hybridized carbons (Fsp3) is 0.312. The van der Waals surface area contributed by atoms with Gasteiger partial charge in [-0.15, -0.1) is 0 Å². The van der Waals surface area contributed by atoms with Crippen LogP contribution in [0.2, 0.25) is 0 Å². The third-order valence-corrected chi connectivity index (χ3v) is 3.31. The first kappa shape index (κ1) is 14.3. The van der Waals surface area contributed by atoms with Crippen molar-refractivity contribution < 1.29 is 14.3 Å². The Balaban J connectivity index is 1.77. The molecule has 0 aliphatic carbocycles. The van der Waals surface area contributed by atoms with E-state index in [4.69, 9.17) is 9.52 Å². The summed E-state index contributed by atoms with van der Waals surface area (Å²) in [4.78, 5) is 10.9. The molecular weight excluding hydrogens is 254 g/mol. The SMILES string of the molecule is CC(C(=O)O)c1ccc(CNCCc2ccco2)cc1. The lowest BCUT2D eigenvalue weighted by Crippen LogP contribution is -2.16. The highest BCUT2D eigenvalue weighted by Gasteiger charge is 2.12. The number of aliphatic carboxylic acids is 1. The Bertz CT molecular complexity index is 531. The van der Waals surface area contributed by atoms with Crippen LogP contribution in [-0.2, 0) is 17.8 Å². The van der Waals surface area contributed by atoms with E-state index in [9.17, 15) is 4.79 Å². The molecule has 1 aromatic carbocycles. The molecule has 0 saturated carbocycles. The first-order chi connectivity index (χ1) is 9.66. The van der Waals surface area contributed by atoms with E-state index in [0.29, 0.717) is 0 Å². The van der Waals surface area contributed by atoms with Gasteiger partial charge < -0.3 is 14.8 Å². The molecule has 1 aromatic heterocycles. The summed E-state index contributed by atoms with van der Waals surface area (Å²) in [6.07, 6.45) is 2.54. The van der Waals surface area contributed by atoms with Crippen LogP contribution >= 0.6 is 0 Å². The highest BCUT2D eigenvalue weighted by Crippen LogP contribution is 2.15. The van der Waals surface area contributed by atoms with Crippen LogP contribution in [0, 0.1) is 0 Å². The second-order valence-electron chi connectivity index (χ2n) is 4.81. The molecular formula is C16H19NO3. The van der Waals surface area contributed by atoms with Gasteiger partial charge in [-0.2, -0.15) is 0 Å². The summed E-state index contributed by atoms with van der Waals surface area (Å²) in [5, 5.41) is 12.3. The molecule has 0 bridgehead atoms. The zero-order chi connectivity index (χ0) is 14.4. The predicted molar refractivity (Wildman–Crippen MR) is 76.6 cm³/mol. The standard InChI is InChI=1S/C16H19NO3/c1-12(16(18)19)14-6-4-13(5-7-14)11-17-9-8-15-3-2-10-20-15/h2-7,10,12,17H,8-9,11H2,1H3,(H,18,19). The summed E-state index contributed by atoms with van der Waals surface area (Å²) >= 11 is 0. The van der Waals surface area contributed by atoms with Crippen molar-refractivity contribution in [3.63, 3.8) is 0 Å². The van der Waals surface area contributed by atoms with Gasteiger partial charge in [0.15, 0.2) is 0 Å². The number of hydrogen-bond donors (Lipinski definition) is 2. The van der Waals surface area contributed by atoms with Crippen LogP contribution in [0.5, 0.6) is 0 Å². The van der Waals surface area contributed by atoms with Crippen molar-refractivity contribution in [2.75, 3.05) is 6.54 Å². The Morgan fingerprint density at radius 1 is 1.30 bits per heavy atom. The number of furan rings is 1. The monoisotopic (exact) mass is 273 g/mol. The fourth-order valence-corrected chi connectivity index (χ4v) is 1.97. The summed E-state index contributed by atoms with van der Waals surface area (Å²) in [6, 6.07) is 11.5. The smallest absolute Gasteiger partial charge is 0.310 e. The molecule has 0 spiro atoms. The minimum atomic E-state index is -0.797. The average Bonchev–Trinajstić information content (AvgIpc) is 2.96. The number of hydrogen-bond acceptors (Lipinski definition) is 3. The van der Waals surface area contributed by atoms with Crippen molar-refractivity contribution >= 4 is 5.97 Å². The number of carboxylic acids is 1. The van der Waals surface area contributed by atoms with E-state index >= 15 is 0 Å². The molecule has 1 atom stereocenters. The van der Waals surface area contributed by atoms with E-state index in [-0.39, 0.29) is 0 Å². The number of nitrogens with one attached hydrogen (secondary N) is 1. The third-order valence-electron chi connectivity index (χ3n) is 3.31. The Labute approximate surface area is 118 Å². The predicted octanol–water partition coefficient (Wildman–Crippen LogP) is 2.80. The fourth-order valence-electron chi connectivity index (χ4n) is 1.97. The van der Waals surface area contributed by atoms with E-state index < -0.39 is 11.9 Å². The van der Waals surface area contributed by atoms with Gasteiger partial charge in [-0.1, -0.05) is 24.3 Å². The molecule has 0 aliphatic heterocycles. The molecule has 2 rings (SSSR count). The zero-order valence-electron chi connectivity index (χ0n) is 11.5. The van der Waals surface area contributed by atoms with Gasteiger partial charge in [0.1, 0.15) is 5.76 Å². The van der Waals surface area contributed by atoms with E-state index in [0.717, 1.165) is 36.4 Å². The van der Waals surface area contributed by atoms with Crippen LogP contribution < -0.4 is 5.32 Å². The molecule has 2 N–H and O–H groups in total. The van der Waals surface area contributed by atoms with Crippen molar-refractivity contribution in [1.82, 2.24) is 5.32 Å². The van der Waals surface area contributed by atoms with E-state index in [1.807, 2.05) is 36.4 Å². The Morgan fingerprint density at radius 3 is 2.65 bits per heavy atom. The molecule has 0 radical (unpaired) electrons. The maximum atomic E-state index is 10.9. The van der Waals surface area contributed by atoms with Gasteiger partial charge in [-0.05, 0) is 30.2 Å². The molecule has 0 aliphatic rings. The lowest BCUT2D eigenvalue weighted by molar-refractivity contribution is -0.138. The van der Waals surface area contributed by atoms with Gasteiger partial charge in [0.2, 0.25) is 0 Å². The van der Waals surface area contributed by atoms with Gasteiger partial charge in [0.05, 0.1) is 12.2 Å². The molecule has 1 unspecified atom stereocenters. The largest absolute Gasteiger partial charge is 0.481 e. The van der Waals surface area contributed by atoms with Crippen LogP contribution in [0.15, 0.2) is 47.1 Å². The molecule has 4 nitrogen and oxygen atoms in total. The molecule has 0 fully saturated rings. The van der Waals surface area contributed by atoms with E-state index in [2.05, 4.69) is 5.32 Å². The van der Waals surface area contributed by atoms with Crippen LogP contribution in [0.3, 0.4) is 0 Å². The average molecular weight is 273 g/mol. The molecule has 20 heavy (non-hydrogen) atoms. The number of benzene rings is 1. The van der Waals surface area contributed by atoms with Crippen LogP contribution in [0.1, 0.15) is 29.7 Å². The first-order valence-electron chi connectivity index (χ1n) is 6.71. The molecule has 0 saturated heterocycles. The summed E-state index contributed by atoms with van der Waals surface area (Å²) in [7, 11) is 0. The Morgan fingerprint density at radius 2 is 2.05 bits per heavy atom. The second kappa shape index (κ2) is 6.91. The first-order valence-corrected chi connectivity index (χ1v) is 6.71. The van der Waals surface area contributed by atoms with Crippen molar-refractivity contribution in [1.29, 1.82) is 0 Å². The third kappa shape index (κ3) is 3.96. The summed E-state index contributed by atoms with van der Waals surface area (Å²) in [6.45, 7) is 3.31. The zero-order valence-corrected chi connectivity index (χ0v) is 11.5. The van der Waals surface area contributed by atoms with Gasteiger partial charge in [-0.25, -0.2) is 0 Å². The van der Waals surface area contributed by atoms with E-state index in [1.54, 1.807) is 13.2 Å². The van der Waals surface area contributed by atoms with Crippen LogP contribution in [0.25, 0.3) is 0 Å². The molecule has 106 valence electrons. The normalized spacial score (nSPS) is 12.2. The topological polar surface area (TPSA) is 62.5 Å². The number of rotatable bonds is 7. The molecule has 4 heteroatoms. The quantitative estimate of drug-likeness (QED) is 0.761. The highest BCUT2D eigenvalue weighted by atomic mass is 16.4. The van der Waals surface area contributed by atoms with Crippen molar-refractivity contribution in [2.45, 2.75) is 25.8 Å². The minimum Gasteiger partial charge on any atom is -0.481 e. The van der Waals surface area contributed by atoms with Crippen LogP contribution in [-0.4, -0.2) is 17.6 Å². The van der Waals surface area contributed by atoms with Gasteiger partial charge in [-0.3, -0.25) is 4.79 Å². The Kier molecular flexibility index (Phi) is 4.96. The second-order valence-corrected chi connectivity index (χ2v) is 4.81. The van der Waals surface area contributed by atoms with Crippen molar-refractivity contribution in [3.05, 3.63) is 59.5 Å². The number of carboxylic acid groups (broad SMARTS) is 1. The summed E-state index contributed by atoms with van der Waals surface area (Å²) < 4.78 is 5.25. The van der Waals surface area contributed by atoms with Crippen molar-refractivity contribution in [3.8, 4) is 0 Å². The maximum absolute atomic E-state index is 10.9.